The van der Waals surface area contributed by atoms with Crippen molar-refractivity contribution in [2.45, 2.75) is 25.5 Å². The molecule has 0 radical (unpaired) electrons. The van der Waals surface area contributed by atoms with E-state index >= 15 is 0 Å². The fourth-order valence-corrected chi connectivity index (χ4v) is 2.28. The van der Waals surface area contributed by atoms with Gasteiger partial charge in [-0.25, -0.2) is 4.79 Å². The number of rotatable bonds is 4. The summed E-state index contributed by atoms with van der Waals surface area (Å²) in [5.41, 5.74) is 0. The molecule has 2 atom stereocenters. The van der Waals surface area contributed by atoms with Gasteiger partial charge in [-0.3, -0.25) is 4.90 Å². The average Bonchev–Trinajstić information content (AvgIpc) is 2.89. The van der Waals surface area contributed by atoms with Crippen LogP contribution in [0.15, 0.2) is 0 Å². The van der Waals surface area contributed by atoms with Gasteiger partial charge in [-0.1, -0.05) is 6.92 Å². The van der Waals surface area contributed by atoms with Crippen molar-refractivity contribution in [1.82, 2.24) is 15.5 Å². The van der Waals surface area contributed by atoms with Crippen molar-refractivity contribution >= 4 is 6.03 Å². The van der Waals surface area contributed by atoms with Gasteiger partial charge in [-0.05, 0) is 13.0 Å². The van der Waals surface area contributed by atoms with E-state index in [9.17, 15) is 4.79 Å². The van der Waals surface area contributed by atoms with Gasteiger partial charge in [0, 0.05) is 26.2 Å². The SMILES string of the molecule is CCN1CCOC(CNC(=O)NC2CCOC2)C1. The second-order valence-corrected chi connectivity index (χ2v) is 4.80. The molecule has 0 spiro atoms. The van der Waals surface area contributed by atoms with Crippen molar-refractivity contribution in [2.75, 3.05) is 46.0 Å². The molecule has 2 saturated heterocycles. The molecule has 6 nitrogen and oxygen atoms in total. The summed E-state index contributed by atoms with van der Waals surface area (Å²) in [6.45, 7) is 7.73. The van der Waals surface area contributed by atoms with E-state index in [1.54, 1.807) is 0 Å². The monoisotopic (exact) mass is 257 g/mol. The summed E-state index contributed by atoms with van der Waals surface area (Å²) in [5.74, 6) is 0. The number of hydrogen-bond donors (Lipinski definition) is 2. The molecule has 2 heterocycles. The van der Waals surface area contributed by atoms with Crippen molar-refractivity contribution in [2.24, 2.45) is 0 Å². The molecule has 104 valence electrons. The van der Waals surface area contributed by atoms with Crippen LogP contribution in [0.1, 0.15) is 13.3 Å². The van der Waals surface area contributed by atoms with Gasteiger partial charge in [-0.2, -0.15) is 0 Å². The van der Waals surface area contributed by atoms with E-state index in [2.05, 4.69) is 22.5 Å². The van der Waals surface area contributed by atoms with Crippen molar-refractivity contribution < 1.29 is 14.3 Å². The van der Waals surface area contributed by atoms with E-state index in [0.29, 0.717) is 13.2 Å². The smallest absolute Gasteiger partial charge is 0.315 e. The number of carbonyl (C=O) groups excluding carboxylic acids is 1. The summed E-state index contributed by atoms with van der Waals surface area (Å²) in [6, 6.07) is 0.0344. The maximum Gasteiger partial charge on any atom is 0.315 e. The first-order valence-electron chi connectivity index (χ1n) is 6.74. The summed E-state index contributed by atoms with van der Waals surface area (Å²) >= 11 is 0. The second-order valence-electron chi connectivity index (χ2n) is 4.80. The fourth-order valence-electron chi connectivity index (χ4n) is 2.28. The number of morpholine rings is 1. The molecule has 2 aliphatic rings. The van der Waals surface area contributed by atoms with Crippen LogP contribution in [0.2, 0.25) is 0 Å². The number of ether oxygens (including phenoxy) is 2. The van der Waals surface area contributed by atoms with Crippen LogP contribution in [-0.2, 0) is 9.47 Å². The molecule has 6 heteroatoms. The van der Waals surface area contributed by atoms with Gasteiger partial charge < -0.3 is 20.1 Å². The zero-order valence-electron chi connectivity index (χ0n) is 11.0. The predicted molar refractivity (Wildman–Crippen MR) is 67.6 cm³/mol. The standard InChI is InChI=1S/C12H23N3O3/c1-2-15-4-6-18-11(8-15)7-13-12(16)14-10-3-5-17-9-10/h10-11H,2-9H2,1H3,(H2,13,14,16). The van der Waals surface area contributed by atoms with Gasteiger partial charge in [0.2, 0.25) is 0 Å². The first kappa shape index (κ1) is 13.6. The van der Waals surface area contributed by atoms with Gasteiger partial charge in [0.15, 0.2) is 0 Å². The highest BCUT2D eigenvalue weighted by Gasteiger charge is 2.21. The molecule has 0 bridgehead atoms. The molecule has 0 aromatic rings. The number of amides is 2. The summed E-state index contributed by atoms with van der Waals surface area (Å²) in [5, 5.41) is 5.77. The van der Waals surface area contributed by atoms with Gasteiger partial charge in [0.05, 0.1) is 25.4 Å². The quantitative estimate of drug-likeness (QED) is 0.732. The predicted octanol–water partition coefficient (Wildman–Crippen LogP) is -0.205. The van der Waals surface area contributed by atoms with Gasteiger partial charge in [0.1, 0.15) is 0 Å². The van der Waals surface area contributed by atoms with Crippen LogP contribution < -0.4 is 10.6 Å². The topological polar surface area (TPSA) is 62.8 Å². The lowest BCUT2D eigenvalue weighted by Crippen LogP contribution is -2.50. The lowest BCUT2D eigenvalue weighted by Gasteiger charge is -2.32. The molecule has 0 saturated carbocycles. The van der Waals surface area contributed by atoms with Gasteiger partial charge in [-0.15, -0.1) is 0 Å². The Kier molecular flexibility index (Phi) is 5.22. The minimum Gasteiger partial charge on any atom is -0.379 e. The lowest BCUT2D eigenvalue weighted by atomic mass is 10.2. The van der Waals surface area contributed by atoms with E-state index < -0.39 is 0 Å². The molecular formula is C12H23N3O3. The molecule has 0 aromatic heterocycles. The largest absolute Gasteiger partial charge is 0.379 e. The molecule has 18 heavy (non-hydrogen) atoms. The van der Waals surface area contributed by atoms with E-state index in [0.717, 1.165) is 39.3 Å². The second kappa shape index (κ2) is 6.92. The Balaban J connectivity index is 1.62. The zero-order valence-corrected chi connectivity index (χ0v) is 11.0. The number of nitrogens with zero attached hydrogens (tertiary/aromatic N) is 1. The average molecular weight is 257 g/mol. The molecule has 2 amide bonds. The molecule has 0 aliphatic carbocycles. The maximum atomic E-state index is 11.6. The van der Waals surface area contributed by atoms with E-state index in [-0.39, 0.29) is 18.2 Å². The first-order chi connectivity index (χ1) is 8.78. The number of likely N-dealkylation sites (N-methyl/N-ethyl adjacent to an activating group) is 1. The van der Waals surface area contributed by atoms with Crippen LogP contribution in [0.4, 0.5) is 4.79 Å². The van der Waals surface area contributed by atoms with Crippen molar-refractivity contribution in [3.8, 4) is 0 Å². The molecule has 2 fully saturated rings. The zero-order chi connectivity index (χ0) is 12.8. The van der Waals surface area contributed by atoms with Crippen LogP contribution >= 0.6 is 0 Å². The minimum atomic E-state index is -0.122. The number of carbonyl (C=O) groups is 1. The van der Waals surface area contributed by atoms with Gasteiger partial charge in [0.25, 0.3) is 0 Å². The Morgan fingerprint density at radius 1 is 1.44 bits per heavy atom. The van der Waals surface area contributed by atoms with E-state index in [4.69, 9.17) is 9.47 Å². The highest BCUT2D eigenvalue weighted by atomic mass is 16.5. The summed E-state index contributed by atoms with van der Waals surface area (Å²) in [4.78, 5) is 14.0. The van der Waals surface area contributed by atoms with Crippen molar-refractivity contribution in [3.63, 3.8) is 0 Å². The molecule has 2 rings (SSSR count). The lowest BCUT2D eigenvalue weighted by molar-refractivity contribution is -0.0240. The van der Waals surface area contributed by atoms with E-state index in [1.165, 1.54) is 0 Å². The Morgan fingerprint density at radius 2 is 2.33 bits per heavy atom. The van der Waals surface area contributed by atoms with E-state index in [1.807, 2.05) is 0 Å². The number of urea groups is 1. The van der Waals surface area contributed by atoms with Gasteiger partial charge >= 0.3 is 6.03 Å². The summed E-state index contributed by atoms with van der Waals surface area (Å²) in [7, 11) is 0. The third kappa shape index (κ3) is 4.12. The Morgan fingerprint density at radius 3 is 3.06 bits per heavy atom. The molecule has 0 aromatic carbocycles. The third-order valence-electron chi connectivity index (χ3n) is 3.43. The van der Waals surface area contributed by atoms with Crippen molar-refractivity contribution in [1.29, 1.82) is 0 Å². The number of hydrogen-bond acceptors (Lipinski definition) is 4. The van der Waals surface area contributed by atoms with Crippen LogP contribution in [-0.4, -0.2) is 69.1 Å². The first-order valence-corrected chi connectivity index (χ1v) is 6.74. The fraction of sp³-hybridized carbons (Fsp3) is 0.917. The molecule has 2 N–H and O–H groups in total. The number of nitrogens with one attached hydrogen (secondary N) is 2. The van der Waals surface area contributed by atoms with Crippen molar-refractivity contribution in [3.05, 3.63) is 0 Å². The summed E-state index contributed by atoms with van der Waals surface area (Å²) < 4.78 is 10.8. The molecule has 2 aliphatic heterocycles. The minimum absolute atomic E-state index is 0.101. The highest BCUT2D eigenvalue weighted by Crippen LogP contribution is 2.04. The molecule has 2 unspecified atom stereocenters. The third-order valence-corrected chi connectivity index (χ3v) is 3.43. The Labute approximate surface area is 108 Å². The van der Waals surface area contributed by atoms with Crippen LogP contribution in [0, 0.1) is 0 Å². The molecular weight excluding hydrogens is 234 g/mol. The highest BCUT2D eigenvalue weighted by molar-refractivity contribution is 5.74. The normalized spacial score (nSPS) is 29.2. The Bertz CT molecular complexity index is 269. The maximum absolute atomic E-state index is 11.6. The van der Waals surface area contributed by atoms with Crippen LogP contribution in [0.3, 0.4) is 0 Å². The van der Waals surface area contributed by atoms with Crippen LogP contribution in [0.5, 0.6) is 0 Å². The summed E-state index contributed by atoms with van der Waals surface area (Å²) in [6.07, 6.45) is 1.00. The van der Waals surface area contributed by atoms with Crippen LogP contribution in [0.25, 0.3) is 0 Å². The Hall–Kier alpha value is -0.850.